The van der Waals surface area contributed by atoms with Gasteiger partial charge in [0, 0.05) is 4.88 Å². The Balaban J connectivity index is 1.48. The SMILES string of the molecule is COc1cc(C=NNC(=O)Cn2cnc3sc4c(c3c2=O)CCC(C)C4)cc(Br)c1OC. The number of nitrogens with zero attached hydrogens (tertiary/aromatic N) is 3. The van der Waals surface area contributed by atoms with Gasteiger partial charge in [0.1, 0.15) is 11.4 Å². The molecule has 0 bridgehead atoms. The van der Waals surface area contributed by atoms with Crippen molar-refractivity contribution in [2.75, 3.05) is 14.2 Å². The third-order valence-electron chi connectivity index (χ3n) is 5.45. The molecular weight excluding hydrogens is 496 g/mol. The smallest absolute Gasteiger partial charge is 0.262 e. The number of carbonyl (C=O) groups is 1. The fraction of sp³-hybridized carbons (Fsp3) is 0.364. The molecule has 1 aliphatic rings. The van der Waals surface area contributed by atoms with Gasteiger partial charge in [-0.3, -0.25) is 14.2 Å². The van der Waals surface area contributed by atoms with E-state index in [9.17, 15) is 9.59 Å². The highest BCUT2D eigenvalue weighted by molar-refractivity contribution is 9.10. The van der Waals surface area contributed by atoms with E-state index in [4.69, 9.17) is 9.47 Å². The van der Waals surface area contributed by atoms with E-state index in [1.807, 2.05) is 0 Å². The first-order chi connectivity index (χ1) is 15.4. The van der Waals surface area contributed by atoms with Crippen molar-refractivity contribution in [2.45, 2.75) is 32.7 Å². The summed E-state index contributed by atoms with van der Waals surface area (Å²) in [4.78, 5) is 31.8. The monoisotopic (exact) mass is 518 g/mol. The second kappa shape index (κ2) is 9.41. The van der Waals surface area contributed by atoms with Gasteiger partial charge in [0.15, 0.2) is 11.5 Å². The molecule has 0 spiro atoms. The number of benzene rings is 1. The zero-order chi connectivity index (χ0) is 22.8. The maximum Gasteiger partial charge on any atom is 0.262 e. The van der Waals surface area contributed by atoms with Crippen molar-refractivity contribution in [2.24, 2.45) is 11.0 Å². The van der Waals surface area contributed by atoms with E-state index in [2.05, 4.69) is 38.4 Å². The first-order valence-electron chi connectivity index (χ1n) is 10.1. The fourth-order valence-electron chi connectivity index (χ4n) is 3.86. The molecule has 1 N–H and O–H groups in total. The third-order valence-corrected chi connectivity index (χ3v) is 7.21. The maximum atomic E-state index is 13.0. The van der Waals surface area contributed by atoms with Gasteiger partial charge in [-0.2, -0.15) is 5.10 Å². The summed E-state index contributed by atoms with van der Waals surface area (Å²) in [7, 11) is 3.10. The Bertz CT molecular complexity index is 1270. The second-order valence-electron chi connectivity index (χ2n) is 7.74. The van der Waals surface area contributed by atoms with Crippen LogP contribution in [0.3, 0.4) is 0 Å². The first-order valence-corrected chi connectivity index (χ1v) is 11.7. The lowest BCUT2D eigenvalue weighted by atomic mass is 9.89. The van der Waals surface area contributed by atoms with Crippen molar-refractivity contribution in [3.05, 3.63) is 49.3 Å². The highest BCUT2D eigenvalue weighted by atomic mass is 79.9. The summed E-state index contributed by atoms with van der Waals surface area (Å²) in [6.07, 6.45) is 5.86. The second-order valence-corrected chi connectivity index (χ2v) is 9.68. The van der Waals surface area contributed by atoms with Gasteiger partial charge in [-0.15, -0.1) is 11.3 Å². The van der Waals surface area contributed by atoms with Gasteiger partial charge >= 0.3 is 0 Å². The average Bonchev–Trinajstić information content (AvgIpc) is 3.13. The van der Waals surface area contributed by atoms with Crippen LogP contribution in [-0.2, 0) is 24.2 Å². The van der Waals surface area contributed by atoms with Crippen LogP contribution >= 0.6 is 27.3 Å². The van der Waals surface area contributed by atoms with Gasteiger partial charge in [-0.05, 0) is 64.4 Å². The summed E-state index contributed by atoms with van der Waals surface area (Å²) in [6.45, 7) is 2.07. The van der Waals surface area contributed by atoms with Crippen LogP contribution in [0.15, 0.2) is 32.8 Å². The summed E-state index contributed by atoms with van der Waals surface area (Å²) >= 11 is 5.01. The van der Waals surface area contributed by atoms with Crippen molar-refractivity contribution in [3.63, 3.8) is 0 Å². The Hall–Kier alpha value is -2.72. The molecule has 32 heavy (non-hydrogen) atoms. The molecule has 3 aromatic rings. The summed E-state index contributed by atoms with van der Waals surface area (Å²) in [5, 5.41) is 4.65. The van der Waals surface area contributed by atoms with Crippen molar-refractivity contribution in [1.29, 1.82) is 0 Å². The van der Waals surface area contributed by atoms with E-state index in [-0.39, 0.29) is 12.1 Å². The lowest BCUT2D eigenvalue weighted by molar-refractivity contribution is -0.121. The lowest BCUT2D eigenvalue weighted by Crippen LogP contribution is -2.30. The van der Waals surface area contributed by atoms with Crippen LogP contribution in [0.2, 0.25) is 0 Å². The highest BCUT2D eigenvalue weighted by Gasteiger charge is 2.23. The van der Waals surface area contributed by atoms with Crippen LogP contribution in [0.25, 0.3) is 10.2 Å². The van der Waals surface area contributed by atoms with Crippen LogP contribution in [0, 0.1) is 5.92 Å². The normalized spacial score (nSPS) is 15.7. The molecule has 1 atom stereocenters. The molecule has 0 radical (unpaired) electrons. The molecule has 0 saturated heterocycles. The molecule has 2 aromatic heterocycles. The number of aryl methyl sites for hydroxylation is 1. The number of carbonyl (C=O) groups excluding carboxylic acids is 1. The van der Waals surface area contributed by atoms with E-state index >= 15 is 0 Å². The van der Waals surface area contributed by atoms with E-state index in [0.717, 1.165) is 29.7 Å². The Morgan fingerprint density at radius 2 is 2.22 bits per heavy atom. The third kappa shape index (κ3) is 4.42. The molecular formula is C22H23BrN4O4S. The fourth-order valence-corrected chi connectivity index (χ4v) is 5.82. The quantitative estimate of drug-likeness (QED) is 0.398. The van der Waals surface area contributed by atoms with Crippen LogP contribution in [-0.4, -0.2) is 35.9 Å². The van der Waals surface area contributed by atoms with E-state index in [1.165, 1.54) is 22.0 Å². The van der Waals surface area contributed by atoms with Crippen molar-refractivity contribution in [3.8, 4) is 11.5 Å². The summed E-state index contributed by atoms with van der Waals surface area (Å²) in [6, 6.07) is 3.53. The van der Waals surface area contributed by atoms with E-state index < -0.39 is 5.91 Å². The molecule has 1 aromatic carbocycles. The van der Waals surface area contributed by atoms with E-state index in [0.29, 0.717) is 32.8 Å². The van der Waals surface area contributed by atoms with Crippen LogP contribution in [0.5, 0.6) is 11.5 Å². The summed E-state index contributed by atoms with van der Waals surface area (Å²) in [5.41, 5.74) is 4.09. The predicted octanol–water partition coefficient (Wildman–Crippen LogP) is 3.51. The molecule has 1 amide bonds. The Labute approximate surface area is 197 Å². The van der Waals surface area contributed by atoms with Crippen molar-refractivity contribution in [1.82, 2.24) is 15.0 Å². The molecule has 1 unspecified atom stereocenters. The molecule has 1 aliphatic carbocycles. The molecule has 8 nitrogen and oxygen atoms in total. The number of hydrogen-bond donors (Lipinski definition) is 1. The van der Waals surface area contributed by atoms with Crippen LogP contribution < -0.4 is 20.5 Å². The lowest BCUT2D eigenvalue weighted by Gasteiger charge is -2.17. The minimum atomic E-state index is -0.415. The average molecular weight is 519 g/mol. The van der Waals surface area contributed by atoms with Gasteiger partial charge < -0.3 is 9.47 Å². The zero-order valence-electron chi connectivity index (χ0n) is 18.0. The molecule has 0 fully saturated rings. The Morgan fingerprint density at radius 3 is 2.97 bits per heavy atom. The molecule has 4 rings (SSSR count). The number of nitrogens with one attached hydrogen (secondary N) is 1. The van der Waals surface area contributed by atoms with Gasteiger partial charge in [0.25, 0.3) is 11.5 Å². The number of aromatic nitrogens is 2. The first kappa shape index (κ1) is 22.5. The number of methoxy groups -OCH3 is 2. The van der Waals surface area contributed by atoms with Crippen LogP contribution in [0.4, 0.5) is 0 Å². The van der Waals surface area contributed by atoms with Gasteiger partial charge in [-0.1, -0.05) is 6.92 Å². The van der Waals surface area contributed by atoms with E-state index in [1.54, 1.807) is 37.7 Å². The standard InChI is InChI=1S/C22H23BrN4O4S/c1-12-4-5-14-17(6-12)32-21-19(14)22(29)27(11-24-21)10-18(28)26-25-9-13-7-15(23)20(31-3)16(8-13)30-2/h7-9,11-12H,4-6,10H2,1-3H3,(H,26,28). The molecule has 168 valence electrons. The van der Waals surface area contributed by atoms with Gasteiger partial charge in [-0.25, -0.2) is 10.4 Å². The van der Waals surface area contributed by atoms with Gasteiger partial charge in [0.2, 0.25) is 0 Å². The molecule has 2 heterocycles. The summed E-state index contributed by atoms with van der Waals surface area (Å²) < 4.78 is 12.6. The molecule has 0 aliphatic heterocycles. The number of rotatable bonds is 6. The van der Waals surface area contributed by atoms with Crippen LogP contribution in [0.1, 0.15) is 29.3 Å². The Kier molecular flexibility index (Phi) is 6.61. The maximum absolute atomic E-state index is 13.0. The van der Waals surface area contributed by atoms with Gasteiger partial charge in [0.05, 0.1) is 36.6 Å². The highest BCUT2D eigenvalue weighted by Crippen LogP contribution is 2.36. The topological polar surface area (TPSA) is 94.8 Å². The largest absolute Gasteiger partial charge is 0.493 e. The molecule has 0 saturated carbocycles. The Morgan fingerprint density at radius 1 is 1.41 bits per heavy atom. The van der Waals surface area contributed by atoms with Crippen molar-refractivity contribution < 1.29 is 14.3 Å². The number of ether oxygens (including phenoxy) is 2. The van der Waals surface area contributed by atoms with Crippen molar-refractivity contribution >= 4 is 49.6 Å². The minimum absolute atomic E-state index is 0.157. The number of fused-ring (bicyclic) bond motifs is 3. The number of thiophene rings is 1. The summed E-state index contributed by atoms with van der Waals surface area (Å²) in [5.74, 6) is 1.31. The predicted molar refractivity (Wildman–Crippen MR) is 128 cm³/mol. The number of hydrogen-bond acceptors (Lipinski definition) is 7. The number of hydrazone groups is 1. The molecule has 10 heteroatoms. The minimum Gasteiger partial charge on any atom is -0.493 e. The number of amides is 1. The zero-order valence-corrected chi connectivity index (χ0v) is 20.4. The number of halogens is 1.